The molecule has 0 aromatic heterocycles. The normalized spacial score (nSPS) is 20.0. The minimum absolute atomic E-state index is 0.465. The third kappa shape index (κ3) is 5.26. The van der Waals surface area contributed by atoms with Gasteiger partial charge in [0.15, 0.2) is 0 Å². The summed E-state index contributed by atoms with van der Waals surface area (Å²) in [6.07, 6.45) is 1.56. The van der Waals surface area contributed by atoms with E-state index in [9.17, 15) is 9.59 Å². The molecule has 0 bridgehead atoms. The molecule has 1 unspecified atom stereocenters. The molecule has 2 atom stereocenters. The Morgan fingerprint density at radius 2 is 1.14 bits per heavy atom. The molecule has 0 amide bonds. The zero-order valence-electron chi connectivity index (χ0n) is 15.6. The minimum atomic E-state index is -2.65. The van der Waals surface area contributed by atoms with Crippen LogP contribution in [-0.2, 0) is 8.85 Å². The van der Waals surface area contributed by atoms with Gasteiger partial charge in [-0.2, -0.15) is 0 Å². The molecule has 0 aliphatic rings. The molecule has 2 N–H and O–H groups in total. The summed E-state index contributed by atoms with van der Waals surface area (Å²) in [4.78, 5) is 20.8. The molecule has 0 saturated carbocycles. The molecule has 128 valence electrons. The van der Waals surface area contributed by atoms with E-state index >= 15 is 0 Å². The van der Waals surface area contributed by atoms with E-state index in [0.29, 0.717) is 0 Å². The molecule has 21 heavy (non-hydrogen) atoms. The van der Waals surface area contributed by atoms with Crippen LogP contribution in [0.4, 0.5) is 0 Å². The largest absolute Gasteiger partial charge is 0.429 e. The van der Waals surface area contributed by atoms with Crippen LogP contribution in [0.3, 0.4) is 0 Å². The second kappa shape index (κ2) is 6.54. The van der Waals surface area contributed by atoms with Gasteiger partial charge in [-0.05, 0) is 66.0 Å². The summed E-state index contributed by atoms with van der Waals surface area (Å²) in [5, 5.41) is -0.961. The van der Waals surface area contributed by atoms with Crippen molar-refractivity contribution in [1.29, 1.82) is 0 Å². The van der Waals surface area contributed by atoms with Crippen LogP contribution in [0.2, 0.25) is 39.3 Å². The van der Waals surface area contributed by atoms with Crippen LogP contribution in [0.15, 0.2) is 0 Å². The van der Waals surface area contributed by atoms with Crippen molar-refractivity contribution in [3.05, 3.63) is 0 Å². The summed E-state index contributed by atoms with van der Waals surface area (Å²) in [5.74, 6) is 0. The van der Waals surface area contributed by atoms with Crippen molar-refractivity contribution in [2.24, 2.45) is 0 Å². The summed E-state index contributed by atoms with van der Waals surface area (Å²) >= 11 is 0. The number of rotatable bonds is 8. The molecular weight excluding hydrogens is 316 g/mol. The van der Waals surface area contributed by atoms with Gasteiger partial charge in [0.1, 0.15) is 0 Å². The third-order valence-electron chi connectivity index (χ3n) is 4.87. The Balaban J connectivity index is 5.53. The van der Waals surface area contributed by atoms with Crippen molar-refractivity contribution in [2.45, 2.75) is 90.3 Å². The Kier molecular flexibility index (Phi) is 6.70. The van der Waals surface area contributed by atoms with E-state index in [2.05, 4.69) is 26.9 Å². The number of hydrogen-bond donors (Lipinski definition) is 2. The highest BCUT2D eigenvalue weighted by molar-refractivity contribution is 6.78. The highest BCUT2D eigenvalue weighted by atomic mass is 28.4. The Bertz CT molecular complexity index is 349. The lowest BCUT2D eigenvalue weighted by molar-refractivity contribution is 0.0557. The topological polar surface area (TPSA) is 58.9 Å². The maximum atomic E-state index is 10.6. The van der Waals surface area contributed by atoms with E-state index in [1.54, 1.807) is 13.1 Å². The molecule has 0 saturated heterocycles. The fourth-order valence-corrected chi connectivity index (χ4v) is 10.4. The Morgan fingerprint density at radius 3 is 1.38 bits per heavy atom. The average molecular weight is 353 g/mol. The van der Waals surface area contributed by atoms with Crippen LogP contribution in [0, 0.1) is 0 Å². The first kappa shape index (κ1) is 21.5. The van der Waals surface area contributed by atoms with Crippen molar-refractivity contribution in [1.82, 2.24) is 0 Å². The molecule has 0 radical (unpaired) electrons. The van der Waals surface area contributed by atoms with Crippen LogP contribution >= 0.6 is 0 Å². The highest BCUT2D eigenvalue weighted by Crippen LogP contribution is 2.38. The van der Waals surface area contributed by atoms with Crippen LogP contribution in [0.1, 0.15) is 40.5 Å². The molecule has 0 heterocycles. The molecule has 0 fully saturated rings. The molecule has 0 aliphatic carbocycles. The van der Waals surface area contributed by atoms with E-state index in [-0.39, 0.29) is 0 Å². The molecule has 0 aromatic rings. The predicted octanol–water partition coefficient (Wildman–Crippen LogP) is 3.53. The van der Waals surface area contributed by atoms with E-state index in [4.69, 9.17) is 8.85 Å². The van der Waals surface area contributed by atoms with Crippen molar-refractivity contribution in [3.8, 4) is 0 Å². The molecule has 0 aliphatic heterocycles. The van der Waals surface area contributed by atoms with Gasteiger partial charge in [-0.1, -0.05) is 13.8 Å². The van der Waals surface area contributed by atoms with Gasteiger partial charge in [0, 0.05) is 0 Å². The first-order valence-corrected chi connectivity index (χ1v) is 16.6. The summed E-state index contributed by atoms with van der Waals surface area (Å²) in [5.41, 5.74) is 0. The second-order valence-electron chi connectivity index (χ2n) is 7.89. The van der Waals surface area contributed by atoms with Crippen LogP contribution < -0.4 is 0 Å². The van der Waals surface area contributed by atoms with E-state index < -0.39 is 35.6 Å². The van der Waals surface area contributed by atoms with Gasteiger partial charge >= 0.3 is 8.56 Å². The van der Waals surface area contributed by atoms with Gasteiger partial charge in [-0.15, -0.1) is 0 Å². The Labute approximate surface area is 134 Å². The van der Waals surface area contributed by atoms with Gasteiger partial charge in [0.2, 0.25) is 16.6 Å². The monoisotopic (exact) mass is 352 g/mol. The first-order valence-electron chi connectivity index (χ1n) is 7.89. The molecule has 0 aromatic carbocycles. The van der Waals surface area contributed by atoms with Crippen LogP contribution in [0.25, 0.3) is 0 Å². The Hall–Kier alpha value is 0.491. The fourth-order valence-electron chi connectivity index (χ4n) is 2.47. The van der Waals surface area contributed by atoms with Gasteiger partial charge in [-0.3, -0.25) is 0 Å². The number of hydrogen-bond acceptors (Lipinski definition) is 4. The second-order valence-corrected chi connectivity index (χ2v) is 19.4. The van der Waals surface area contributed by atoms with Gasteiger partial charge in [0.25, 0.3) is 0 Å². The maximum Gasteiger partial charge on any atom is 0.329 e. The summed E-state index contributed by atoms with van der Waals surface area (Å²) in [6, 6.07) is 0. The standard InChI is InChI=1S/C14H36O4Si3/c1-11-13(3,19(5,6)15)17-20(7,8)14(4,12-2)18-21(9,10)16/h15-16H,11-12H2,1-10H3/t13-,14?/m0/s1. The van der Waals surface area contributed by atoms with Crippen LogP contribution in [0.5, 0.6) is 0 Å². The molecular formula is C14H36O4Si3. The molecule has 7 heteroatoms. The molecule has 4 nitrogen and oxygen atoms in total. The average Bonchev–Trinajstić information content (AvgIpc) is 2.24. The van der Waals surface area contributed by atoms with Crippen LogP contribution in [-0.4, -0.2) is 45.2 Å². The SMILES string of the molecule is CCC(C)(O[Si](C)(C)O)[Si](C)(C)O[C@](C)(CC)[Si](C)(C)O. The van der Waals surface area contributed by atoms with E-state index in [1.807, 2.05) is 26.9 Å². The summed E-state index contributed by atoms with van der Waals surface area (Å²) in [6.45, 7) is 19.9. The Morgan fingerprint density at radius 1 is 0.762 bits per heavy atom. The summed E-state index contributed by atoms with van der Waals surface area (Å²) < 4.78 is 12.7. The third-order valence-corrected chi connectivity index (χ3v) is 13.2. The van der Waals surface area contributed by atoms with Gasteiger partial charge in [0.05, 0.1) is 10.4 Å². The first-order chi connectivity index (χ1) is 9.04. The van der Waals surface area contributed by atoms with Crippen molar-refractivity contribution < 1.29 is 18.4 Å². The van der Waals surface area contributed by atoms with Gasteiger partial charge in [-0.25, -0.2) is 0 Å². The van der Waals surface area contributed by atoms with Crippen molar-refractivity contribution in [2.75, 3.05) is 0 Å². The zero-order valence-corrected chi connectivity index (χ0v) is 18.6. The quantitative estimate of drug-likeness (QED) is 0.656. The lowest BCUT2D eigenvalue weighted by Crippen LogP contribution is -2.67. The van der Waals surface area contributed by atoms with E-state index in [0.717, 1.165) is 12.8 Å². The summed E-state index contributed by atoms with van der Waals surface area (Å²) in [7, 11) is -7.42. The lowest BCUT2D eigenvalue weighted by Gasteiger charge is -2.50. The van der Waals surface area contributed by atoms with E-state index in [1.165, 1.54) is 0 Å². The fraction of sp³-hybridized carbons (Fsp3) is 1.00. The van der Waals surface area contributed by atoms with Crippen molar-refractivity contribution >= 4 is 25.2 Å². The smallest absolute Gasteiger partial charge is 0.329 e. The molecule has 0 spiro atoms. The zero-order chi connectivity index (χ0) is 17.3. The highest BCUT2D eigenvalue weighted by Gasteiger charge is 2.54. The minimum Gasteiger partial charge on any atom is -0.429 e. The predicted molar refractivity (Wildman–Crippen MR) is 96.4 cm³/mol. The van der Waals surface area contributed by atoms with Gasteiger partial charge < -0.3 is 18.4 Å². The lowest BCUT2D eigenvalue weighted by atomic mass is 10.3. The molecule has 0 rings (SSSR count). The maximum absolute atomic E-state index is 10.6. The van der Waals surface area contributed by atoms with Crippen molar-refractivity contribution in [3.63, 3.8) is 0 Å².